The van der Waals surface area contributed by atoms with E-state index < -0.39 is 26.5 Å². The minimum absolute atomic E-state index is 0.0345. The normalized spacial score (nSPS) is 13.6. The van der Waals surface area contributed by atoms with Crippen molar-refractivity contribution < 1.29 is 42.1 Å². The van der Waals surface area contributed by atoms with Gasteiger partial charge in [-0.1, -0.05) is 424 Å². The highest BCUT2D eigenvalue weighted by atomic mass is 31.2. The third kappa shape index (κ3) is 87.2. The molecule has 0 heterocycles. The number of carbonyl (C=O) groups is 2. The van der Waals surface area contributed by atoms with Gasteiger partial charge in [-0.2, -0.15) is 0 Å². The molecule has 0 radical (unpaired) electrons. The first-order chi connectivity index (χ1) is 50.5. The van der Waals surface area contributed by atoms with Crippen molar-refractivity contribution in [3.05, 3.63) is 122 Å². The van der Waals surface area contributed by atoms with Crippen molar-refractivity contribution in [1.82, 2.24) is 0 Å². The van der Waals surface area contributed by atoms with Crippen LogP contribution in [0.1, 0.15) is 406 Å². The number of hydrogen-bond acceptors (Lipinski definition) is 8. The van der Waals surface area contributed by atoms with Gasteiger partial charge in [0.1, 0.15) is 19.8 Å². The standard InChI is InChI=1S/C93H166NO8P/c1-6-8-10-12-14-16-18-20-22-24-26-28-30-32-34-36-38-40-42-44-46-47-48-50-52-54-56-58-60-62-64-66-68-70-72-74-76-78-80-82-84-86-93(96)102-91(90-101-103(97,98)100-88-87-94(3,4)5)89-99-92(95)85-83-81-79-77-75-73-71-69-67-65-63-61-59-57-55-53-51-49-45-43-41-39-37-35-33-31-29-27-25-23-21-19-17-15-13-11-9-7-2/h8,10,14,16,20,22,26,28,32,34,38,40,44,46,48,50,54,56,60,62,91H,6-7,9,11-13,15,17-19,21,23-25,27,29-31,33,35-37,39,41-43,45,47,49,51-53,55,57-59,61,63-90H2,1-5H3/b10-8-,16-14-,22-20-,28-26-,34-32-,40-38-,46-44-,50-48-,56-54-,62-60-. The van der Waals surface area contributed by atoms with Gasteiger partial charge in [-0.3, -0.25) is 14.2 Å². The Morgan fingerprint density at radius 3 is 0.825 bits per heavy atom. The molecule has 0 saturated heterocycles. The zero-order valence-corrected chi connectivity index (χ0v) is 69.1. The maximum absolute atomic E-state index is 12.9. The van der Waals surface area contributed by atoms with E-state index in [1.807, 2.05) is 21.1 Å². The van der Waals surface area contributed by atoms with Crippen molar-refractivity contribution in [3.8, 4) is 0 Å². The van der Waals surface area contributed by atoms with Crippen LogP contribution in [0, 0.1) is 0 Å². The Balaban J connectivity index is 3.95. The summed E-state index contributed by atoms with van der Waals surface area (Å²) in [5.74, 6) is -0.826. The minimum Gasteiger partial charge on any atom is -0.756 e. The molecule has 0 aliphatic rings. The molecule has 0 bridgehead atoms. The fourth-order valence-corrected chi connectivity index (χ4v) is 13.4. The lowest BCUT2D eigenvalue weighted by Crippen LogP contribution is -2.37. The van der Waals surface area contributed by atoms with Crippen LogP contribution < -0.4 is 4.89 Å². The molecule has 2 atom stereocenters. The number of allylic oxidation sites excluding steroid dienone is 20. The number of esters is 2. The first-order valence-corrected chi connectivity index (χ1v) is 45.2. The Bertz CT molecular complexity index is 2160. The van der Waals surface area contributed by atoms with Gasteiger partial charge in [-0.05, 0) is 89.9 Å². The van der Waals surface area contributed by atoms with Crippen molar-refractivity contribution in [1.29, 1.82) is 0 Å². The average Bonchev–Trinajstić information content (AvgIpc) is 0.971. The number of likely N-dealkylation sites (N-methyl/N-ethyl adjacent to an activating group) is 1. The van der Waals surface area contributed by atoms with Crippen molar-refractivity contribution in [2.24, 2.45) is 0 Å². The van der Waals surface area contributed by atoms with Crippen molar-refractivity contribution >= 4 is 19.8 Å². The molecular formula is C93H166NO8P. The molecule has 0 rings (SSSR count). The summed E-state index contributed by atoms with van der Waals surface area (Å²) in [7, 11) is 1.17. The Labute approximate surface area is 639 Å². The average molecular weight is 1460 g/mol. The highest BCUT2D eigenvalue weighted by Gasteiger charge is 2.22. The van der Waals surface area contributed by atoms with E-state index in [0.717, 1.165) is 109 Å². The predicted molar refractivity (Wildman–Crippen MR) is 448 cm³/mol. The van der Waals surface area contributed by atoms with Crippen molar-refractivity contribution in [2.45, 2.75) is 412 Å². The number of ether oxygens (including phenoxy) is 2. The number of quaternary nitrogens is 1. The van der Waals surface area contributed by atoms with Gasteiger partial charge in [0, 0.05) is 12.8 Å². The minimum atomic E-state index is -4.65. The topological polar surface area (TPSA) is 111 Å². The summed E-state index contributed by atoms with van der Waals surface area (Å²) in [6.45, 7) is 4.17. The summed E-state index contributed by atoms with van der Waals surface area (Å²) in [5.41, 5.74) is 0. The van der Waals surface area contributed by atoms with Crippen LogP contribution in [0.5, 0.6) is 0 Å². The second-order valence-corrected chi connectivity index (χ2v) is 31.9. The molecule has 0 aliphatic carbocycles. The first kappa shape index (κ1) is 99.4. The SMILES string of the molecule is CC/C=C\C/C=C\C/C=C\C/C=C\C/C=C\C/C=C\C/C=C\C/C=C\C/C=C\C/C=C\CCCCCCCCCCCCC(=O)OC(COC(=O)CCCCCCCCCCCCCCCCCCCCCCCCCCCCCCCCCCCCCCCC)COP(=O)([O-])OCC[N+](C)(C)C. The molecule has 596 valence electrons. The molecule has 0 saturated carbocycles. The highest BCUT2D eigenvalue weighted by molar-refractivity contribution is 7.45. The number of hydrogen-bond donors (Lipinski definition) is 0. The quantitative estimate of drug-likeness (QED) is 0.0195. The van der Waals surface area contributed by atoms with Crippen LogP contribution >= 0.6 is 7.82 Å². The summed E-state index contributed by atoms with van der Waals surface area (Å²) in [6.07, 6.45) is 119. The zero-order chi connectivity index (χ0) is 74.7. The van der Waals surface area contributed by atoms with Gasteiger partial charge in [0.2, 0.25) is 0 Å². The molecule has 10 heteroatoms. The number of carbonyl (C=O) groups excluding carboxylic acids is 2. The van der Waals surface area contributed by atoms with Gasteiger partial charge in [-0.15, -0.1) is 0 Å². The Hall–Kier alpha value is -3.59. The Kier molecular flexibility index (Phi) is 79.6. The molecule has 0 fully saturated rings. The third-order valence-corrected chi connectivity index (χ3v) is 20.2. The molecule has 0 N–H and O–H groups in total. The van der Waals surface area contributed by atoms with Crippen molar-refractivity contribution in [3.63, 3.8) is 0 Å². The van der Waals surface area contributed by atoms with E-state index in [1.54, 1.807) is 0 Å². The molecule has 0 spiro atoms. The lowest BCUT2D eigenvalue weighted by Gasteiger charge is -2.28. The molecule has 0 aromatic carbocycles. The fraction of sp³-hybridized carbons (Fsp3) is 0.763. The summed E-state index contributed by atoms with van der Waals surface area (Å²) in [5, 5.41) is 0. The Morgan fingerprint density at radius 2 is 0.553 bits per heavy atom. The molecular weight excluding hydrogens is 1290 g/mol. The van der Waals surface area contributed by atoms with E-state index in [1.165, 1.54) is 263 Å². The van der Waals surface area contributed by atoms with Crippen LogP contribution in [0.25, 0.3) is 0 Å². The molecule has 2 unspecified atom stereocenters. The summed E-state index contributed by atoms with van der Waals surface area (Å²) >= 11 is 0. The summed E-state index contributed by atoms with van der Waals surface area (Å²) in [4.78, 5) is 38.2. The number of phosphoric acid groups is 1. The number of nitrogens with zero attached hydrogens (tertiary/aromatic N) is 1. The van der Waals surface area contributed by atoms with Crippen LogP contribution in [0.4, 0.5) is 0 Å². The van der Waals surface area contributed by atoms with Crippen LogP contribution in [0.15, 0.2) is 122 Å². The molecule has 0 amide bonds. The van der Waals surface area contributed by atoms with Gasteiger partial charge < -0.3 is 27.9 Å². The Morgan fingerprint density at radius 1 is 0.311 bits per heavy atom. The van der Waals surface area contributed by atoms with E-state index >= 15 is 0 Å². The van der Waals surface area contributed by atoms with Gasteiger partial charge in [0.25, 0.3) is 7.82 Å². The summed E-state index contributed by atoms with van der Waals surface area (Å²) in [6, 6.07) is 0. The molecule has 9 nitrogen and oxygen atoms in total. The lowest BCUT2D eigenvalue weighted by molar-refractivity contribution is -0.870. The molecule has 103 heavy (non-hydrogen) atoms. The molecule has 0 aromatic heterocycles. The van der Waals surface area contributed by atoms with Gasteiger partial charge in [0.05, 0.1) is 27.7 Å². The maximum atomic E-state index is 12.9. The van der Waals surface area contributed by atoms with E-state index in [-0.39, 0.29) is 32.0 Å². The number of unbranched alkanes of at least 4 members (excludes halogenated alkanes) is 47. The predicted octanol–water partition coefficient (Wildman–Crippen LogP) is 29.0. The van der Waals surface area contributed by atoms with Crippen molar-refractivity contribution in [2.75, 3.05) is 47.5 Å². The summed E-state index contributed by atoms with van der Waals surface area (Å²) < 4.78 is 34.5. The van der Waals surface area contributed by atoms with Gasteiger partial charge in [-0.25, -0.2) is 0 Å². The van der Waals surface area contributed by atoms with E-state index in [0.29, 0.717) is 17.4 Å². The number of rotatable bonds is 81. The fourth-order valence-electron chi connectivity index (χ4n) is 12.6. The van der Waals surface area contributed by atoms with Crippen LogP contribution in [-0.2, 0) is 32.7 Å². The van der Waals surface area contributed by atoms with Gasteiger partial charge >= 0.3 is 11.9 Å². The zero-order valence-electron chi connectivity index (χ0n) is 68.2. The highest BCUT2D eigenvalue weighted by Crippen LogP contribution is 2.38. The first-order valence-electron chi connectivity index (χ1n) is 43.7. The largest absolute Gasteiger partial charge is 0.756 e. The molecule has 0 aromatic rings. The third-order valence-electron chi connectivity index (χ3n) is 19.2. The van der Waals surface area contributed by atoms with Crippen LogP contribution in [0.3, 0.4) is 0 Å². The van der Waals surface area contributed by atoms with E-state index in [2.05, 4.69) is 135 Å². The maximum Gasteiger partial charge on any atom is 0.306 e. The second kappa shape index (κ2) is 82.5. The van der Waals surface area contributed by atoms with E-state index in [9.17, 15) is 19.0 Å². The lowest BCUT2D eigenvalue weighted by atomic mass is 10.0. The smallest absolute Gasteiger partial charge is 0.306 e. The molecule has 0 aliphatic heterocycles. The van der Waals surface area contributed by atoms with Crippen LogP contribution in [0.2, 0.25) is 0 Å². The van der Waals surface area contributed by atoms with Crippen LogP contribution in [-0.4, -0.2) is 70.0 Å². The monoisotopic (exact) mass is 1460 g/mol. The number of phosphoric ester groups is 1. The van der Waals surface area contributed by atoms with E-state index in [4.69, 9.17) is 18.5 Å². The van der Waals surface area contributed by atoms with Gasteiger partial charge in [0.15, 0.2) is 6.10 Å². The second-order valence-electron chi connectivity index (χ2n) is 30.5.